The molecule has 0 aliphatic heterocycles. The highest BCUT2D eigenvalue weighted by molar-refractivity contribution is 9.10. The first-order valence-electron chi connectivity index (χ1n) is 7.94. The number of nitrogens with zero attached hydrogens (tertiary/aromatic N) is 2. The van der Waals surface area contributed by atoms with Crippen molar-refractivity contribution in [3.63, 3.8) is 0 Å². The van der Waals surface area contributed by atoms with Gasteiger partial charge >= 0.3 is 0 Å². The molecule has 0 atom stereocenters. The number of ether oxygens (including phenoxy) is 2. The number of aromatic nitrogens is 2. The van der Waals surface area contributed by atoms with Crippen LogP contribution in [0.4, 0.5) is 5.82 Å². The van der Waals surface area contributed by atoms with Crippen LogP contribution < -0.4 is 14.8 Å². The van der Waals surface area contributed by atoms with Crippen LogP contribution in [-0.4, -0.2) is 16.6 Å². The minimum absolute atomic E-state index is 0.526. The van der Waals surface area contributed by atoms with Crippen LogP contribution >= 0.6 is 15.9 Å². The van der Waals surface area contributed by atoms with E-state index in [0.717, 1.165) is 15.9 Å². The number of nitrogens with one attached hydrogen (secondary N) is 1. The van der Waals surface area contributed by atoms with Gasteiger partial charge < -0.3 is 14.8 Å². The summed E-state index contributed by atoms with van der Waals surface area (Å²) >= 11 is 3.37. The van der Waals surface area contributed by atoms with Gasteiger partial charge in [-0.2, -0.15) is 0 Å². The first-order chi connectivity index (χ1) is 12.2. The molecular weight excluding hydrogens is 382 g/mol. The van der Waals surface area contributed by atoms with Crippen molar-refractivity contribution in [3.8, 4) is 17.4 Å². The third kappa shape index (κ3) is 4.93. The Balaban J connectivity index is 1.61. The van der Waals surface area contributed by atoms with E-state index in [1.807, 2.05) is 55.5 Å². The molecule has 0 radical (unpaired) electrons. The summed E-state index contributed by atoms with van der Waals surface area (Å²) in [5.74, 6) is 2.70. The van der Waals surface area contributed by atoms with Crippen molar-refractivity contribution in [2.24, 2.45) is 0 Å². The van der Waals surface area contributed by atoms with Gasteiger partial charge in [-0.05, 0) is 52.7 Å². The number of hydrogen-bond donors (Lipinski definition) is 1. The number of pyridine rings is 2. The van der Waals surface area contributed by atoms with Crippen LogP contribution in [0.1, 0.15) is 12.5 Å². The summed E-state index contributed by atoms with van der Waals surface area (Å²) in [6.07, 6.45) is 3.54. The molecule has 1 aromatic carbocycles. The van der Waals surface area contributed by atoms with E-state index >= 15 is 0 Å². The van der Waals surface area contributed by atoms with Gasteiger partial charge in [-0.3, -0.25) is 0 Å². The molecule has 3 rings (SSSR count). The second-order valence-corrected chi connectivity index (χ2v) is 6.12. The number of rotatable bonds is 7. The molecule has 5 nitrogen and oxygen atoms in total. The standard InChI is InChI=1S/C19H18BrN3O2/c1-2-24-16-5-3-4-6-17(16)25-19-10-7-14(12-23-19)11-21-18-9-8-15(20)13-22-18/h3-10,12-13H,2,11H2,1H3,(H,21,22). The van der Waals surface area contributed by atoms with Gasteiger partial charge in [0, 0.05) is 29.5 Å². The monoisotopic (exact) mass is 399 g/mol. The summed E-state index contributed by atoms with van der Waals surface area (Å²) in [5, 5.41) is 3.25. The Morgan fingerprint density at radius 1 is 0.960 bits per heavy atom. The summed E-state index contributed by atoms with van der Waals surface area (Å²) in [6.45, 7) is 3.16. The van der Waals surface area contributed by atoms with Crippen molar-refractivity contribution in [1.29, 1.82) is 0 Å². The molecule has 2 aromatic heterocycles. The van der Waals surface area contributed by atoms with Crippen molar-refractivity contribution in [2.75, 3.05) is 11.9 Å². The molecule has 0 aliphatic carbocycles. The Morgan fingerprint density at radius 3 is 2.48 bits per heavy atom. The predicted molar refractivity (Wildman–Crippen MR) is 101 cm³/mol. The second-order valence-electron chi connectivity index (χ2n) is 5.20. The zero-order valence-corrected chi connectivity index (χ0v) is 15.4. The molecule has 1 N–H and O–H groups in total. The maximum Gasteiger partial charge on any atom is 0.219 e. The molecule has 0 saturated carbocycles. The van der Waals surface area contributed by atoms with E-state index in [1.165, 1.54) is 0 Å². The topological polar surface area (TPSA) is 56.3 Å². The molecular formula is C19H18BrN3O2. The van der Waals surface area contributed by atoms with Crippen LogP contribution in [0.5, 0.6) is 17.4 Å². The van der Waals surface area contributed by atoms with E-state index in [9.17, 15) is 0 Å². The number of benzene rings is 1. The van der Waals surface area contributed by atoms with Crippen molar-refractivity contribution >= 4 is 21.7 Å². The lowest BCUT2D eigenvalue weighted by molar-refractivity contribution is 0.319. The molecule has 0 spiro atoms. The highest BCUT2D eigenvalue weighted by Crippen LogP contribution is 2.30. The van der Waals surface area contributed by atoms with Gasteiger partial charge in [0.2, 0.25) is 5.88 Å². The maximum atomic E-state index is 5.82. The number of anilines is 1. The van der Waals surface area contributed by atoms with E-state index < -0.39 is 0 Å². The molecule has 6 heteroatoms. The van der Waals surface area contributed by atoms with Crippen LogP contribution in [-0.2, 0) is 6.54 Å². The Hall–Kier alpha value is -2.60. The second kappa shape index (κ2) is 8.48. The third-order valence-electron chi connectivity index (χ3n) is 3.36. The quantitative estimate of drug-likeness (QED) is 0.602. The normalized spacial score (nSPS) is 10.3. The van der Waals surface area contributed by atoms with E-state index in [2.05, 4.69) is 31.2 Å². The first kappa shape index (κ1) is 17.2. The highest BCUT2D eigenvalue weighted by atomic mass is 79.9. The third-order valence-corrected chi connectivity index (χ3v) is 3.83. The predicted octanol–water partition coefficient (Wildman–Crippen LogP) is 5.04. The van der Waals surface area contributed by atoms with E-state index in [-0.39, 0.29) is 0 Å². The van der Waals surface area contributed by atoms with Crippen LogP contribution in [0.2, 0.25) is 0 Å². The molecule has 0 fully saturated rings. The number of para-hydroxylation sites is 2. The zero-order chi connectivity index (χ0) is 17.5. The van der Waals surface area contributed by atoms with Crippen LogP contribution in [0.3, 0.4) is 0 Å². The molecule has 128 valence electrons. The SMILES string of the molecule is CCOc1ccccc1Oc1ccc(CNc2ccc(Br)cn2)cn1. The van der Waals surface area contributed by atoms with Crippen molar-refractivity contribution in [2.45, 2.75) is 13.5 Å². The molecule has 0 unspecified atom stereocenters. The molecule has 0 amide bonds. The summed E-state index contributed by atoms with van der Waals surface area (Å²) in [6, 6.07) is 15.2. The first-order valence-corrected chi connectivity index (χ1v) is 8.74. The Bertz CT molecular complexity index is 808. The van der Waals surface area contributed by atoms with E-state index in [0.29, 0.717) is 30.5 Å². The average Bonchev–Trinajstić information content (AvgIpc) is 2.64. The average molecular weight is 400 g/mol. The fraction of sp³-hybridized carbons (Fsp3) is 0.158. The molecule has 0 bridgehead atoms. The minimum atomic E-state index is 0.526. The fourth-order valence-corrected chi connectivity index (χ4v) is 2.41. The van der Waals surface area contributed by atoms with Crippen LogP contribution in [0, 0.1) is 0 Å². The van der Waals surface area contributed by atoms with E-state index in [4.69, 9.17) is 9.47 Å². The van der Waals surface area contributed by atoms with Gasteiger partial charge in [-0.1, -0.05) is 18.2 Å². The lowest BCUT2D eigenvalue weighted by Gasteiger charge is -2.11. The molecule has 25 heavy (non-hydrogen) atoms. The van der Waals surface area contributed by atoms with Gasteiger partial charge in [0.25, 0.3) is 0 Å². The Morgan fingerprint density at radius 2 is 1.80 bits per heavy atom. The van der Waals surface area contributed by atoms with Gasteiger partial charge in [-0.15, -0.1) is 0 Å². The van der Waals surface area contributed by atoms with Gasteiger partial charge in [0.1, 0.15) is 5.82 Å². The van der Waals surface area contributed by atoms with Gasteiger partial charge in [0.05, 0.1) is 6.61 Å². The minimum Gasteiger partial charge on any atom is -0.490 e. The molecule has 0 saturated heterocycles. The van der Waals surface area contributed by atoms with Gasteiger partial charge in [0.15, 0.2) is 11.5 Å². The summed E-state index contributed by atoms with van der Waals surface area (Å²) in [4.78, 5) is 8.63. The van der Waals surface area contributed by atoms with Crippen LogP contribution in [0.25, 0.3) is 0 Å². The molecule has 3 aromatic rings. The van der Waals surface area contributed by atoms with Crippen molar-refractivity contribution in [3.05, 3.63) is 71.0 Å². The van der Waals surface area contributed by atoms with Gasteiger partial charge in [-0.25, -0.2) is 9.97 Å². The van der Waals surface area contributed by atoms with Crippen molar-refractivity contribution < 1.29 is 9.47 Å². The lowest BCUT2D eigenvalue weighted by Crippen LogP contribution is -2.01. The number of hydrogen-bond acceptors (Lipinski definition) is 5. The Labute approximate surface area is 155 Å². The summed E-state index contributed by atoms with van der Waals surface area (Å²) < 4.78 is 12.3. The smallest absolute Gasteiger partial charge is 0.219 e. The summed E-state index contributed by atoms with van der Waals surface area (Å²) in [5.41, 5.74) is 1.04. The summed E-state index contributed by atoms with van der Waals surface area (Å²) in [7, 11) is 0. The molecule has 2 heterocycles. The largest absolute Gasteiger partial charge is 0.490 e. The molecule has 0 aliphatic rings. The van der Waals surface area contributed by atoms with Crippen LogP contribution in [0.15, 0.2) is 65.4 Å². The van der Waals surface area contributed by atoms with Crippen molar-refractivity contribution in [1.82, 2.24) is 9.97 Å². The lowest BCUT2D eigenvalue weighted by atomic mass is 10.3. The Kier molecular flexibility index (Phi) is 5.85. The fourth-order valence-electron chi connectivity index (χ4n) is 2.17. The number of halogens is 1. The maximum absolute atomic E-state index is 5.82. The highest BCUT2D eigenvalue weighted by Gasteiger charge is 2.06. The van der Waals surface area contributed by atoms with E-state index in [1.54, 1.807) is 12.4 Å². The zero-order valence-electron chi connectivity index (χ0n) is 13.8.